The fourth-order valence-corrected chi connectivity index (χ4v) is 16.0. The van der Waals surface area contributed by atoms with Crippen LogP contribution in [0.1, 0.15) is 331 Å². The van der Waals surface area contributed by atoms with E-state index in [0.717, 1.165) is 47.5 Å². The molecule has 378 valence electrons. The lowest BCUT2D eigenvalue weighted by atomic mass is 9.44. The molecule has 1 heteroatoms. The number of nitrogens with one attached hydrogen (secondary N) is 1. The van der Waals surface area contributed by atoms with Crippen molar-refractivity contribution in [1.82, 2.24) is 0 Å². The third-order valence-corrected chi connectivity index (χ3v) is 20.1. The highest BCUT2D eigenvalue weighted by Crippen LogP contribution is 2.68. The normalized spacial score (nSPS) is 28.5. The van der Waals surface area contributed by atoms with Crippen LogP contribution in [0.2, 0.25) is 0 Å². The molecule has 0 spiro atoms. The number of hydrogen-bond donors (Lipinski definition) is 1. The number of rotatable bonds is 40. The van der Waals surface area contributed by atoms with Crippen molar-refractivity contribution < 1.29 is 4.90 Å². The molecule has 1 unspecified atom stereocenters. The van der Waals surface area contributed by atoms with E-state index in [2.05, 4.69) is 53.4 Å². The Labute approximate surface area is 405 Å². The highest BCUT2D eigenvalue weighted by atomic mass is 15.2. The molecule has 0 aliphatic heterocycles. The maximum Gasteiger partial charge on any atom is 0.0877 e. The van der Waals surface area contributed by atoms with Gasteiger partial charge in [0.15, 0.2) is 0 Å². The van der Waals surface area contributed by atoms with E-state index in [1.54, 1.807) is 57.8 Å². The molecule has 4 saturated carbocycles. The van der Waals surface area contributed by atoms with Crippen molar-refractivity contribution in [2.45, 2.75) is 337 Å². The molecule has 0 aromatic rings. The van der Waals surface area contributed by atoms with Crippen LogP contribution in [-0.4, -0.2) is 19.1 Å². The lowest BCUT2D eigenvalue weighted by Gasteiger charge is -2.61. The van der Waals surface area contributed by atoms with Crippen LogP contribution in [0.15, 0.2) is 0 Å². The topological polar surface area (TPSA) is 4.44 Å². The Morgan fingerprint density at radius 2 is 0.812 bits per heavy atom. The van der Waals surface area contributed by atoms with E-state index in [-0.39, 0.29) is 0 Å². The zero-order valence-corrected chi connectivity index (χ0v) is 45.6. The summed E-state index contributed by atoms with van der Waals surface area (Å²) in [5.74, 6) is 6.92. The van der Waals surface area contributed by atoms with Gasteiger partial charge < -0.3 is 4.90 Å². The van der Waals surface area contributed by atoms with Gasteiger partial charge in [-0.2, -0.15) is 0 Å². The molecular weight excluding hydrogens is 771 g/mol. The number of fused-ring (bicyclic) bond motifs is 5. The van der Waals surface area contributed by atoms with E-state index in [4.69, 9.17) is 0 Å². The second-order valence-corrected chi connectivity index (χ2v) is 25.4. The standard InChI is InChI=1S/C63H121N/c1-8-10-12-14-16-18-20-22-24-26-28-30-32-34-36-38-51-64(52-39-37-35-33-31-29-27-25-23-21-19-17-15-13-11-9-2)57-47-49-62(6)56(53-57)43-44-58-60-46-45-59(55(5)42-40-41-54(3)4)63(60,7)50-48-61(58)62/h54-61H,8-53H2,1-7H3/p+1/t55-,56?,57+,58+,59-,60+,61+,62+,63-/m1/s1. The van der Waals surface area contributed by atoms with Gasteiger partial charge in [0.1, 0.15) is 0 Å². The summed E-state index contributed by atoms with van der Waals surface area (Å²) in [5.41, 5.74) is 1.27. The van der Waals surface area contributed by atoms with Crippen LogP contribution in [0.25, 0.3) is 0 Å². The second kappa shape index (κ2) is 33.5. The van der Waals surface area contributed by atoms with E-state index in [0.29, 0.717) is 10.8 Å². The van der Waals surface area contributed by atoms with Gasteiger partial charge in [0.25, 0.3) is 0 Å². The summed E-state index contributed by atoms with van der Waals surface area (Å²) in [6.45, 7) is 20.8. The smallest absolute Gasteiger partial charge is 0.0877 e. The van der Waals surface area contributed by atoms with Crippen molar-refractivity contribution in [1.29, 1.82) is 0 Å². The summed E-state index contributed by atoms with van der Waals surface area (Å²) < 4.78 is 0. The first kappa shape index (κ1) is 56.5. The molecule has 64 heavy (non-hydrogen) atoms. The SMILES string of the molecule is CCCCCCCCCCCCCCCCCC[NH+](CCCCCCCCCCCCCCCCCC)[C@H]1CC[C@@]2(C)C(CC[C@H]3[C@@H]4CC[C@H]([C@H](C)CCCC(C)C)[C@@]4(C)CC[C@@H]32)C1. The summed E-state index contributed by atoms with van der Waals surface area (Å²) in [6, 6.07) is 0.957. The molecule has 4 aliphatic rings. The molecule has 0 aromatic carbocycles. The van der Waals surface area contributed by atoms with E-state index in [1.807, 2.05) is 0 Å². The van der Waals surface area contributed by atoms with Crippen LogP contribution in [0.4, 0.5) is 0 Å². The zero-order chi connectivity index (χ0) is 45.7. The van der Waals surface area contributed by atoms with Crippen molar-refractivity contribution in [3.63, 3.8) is 0 Å². The van der Waals surface area contributed by atoms with Crippen LogP contribution in [0, 0.1) is 52.3 Å². The molecular formula is C63H122N+. The van der Waals surface area contributed by atoms with Crippen molar-refractivity contribution >= 4 is 0 Å². The molecule has 9 atom stereocenters. The van der Waals surface area contributed by atoms with Gasteiger partial charge in [-0.25, -0.2) is 0 Å². The molecule has 1 nitrogen and oxygen atoms in total. The highest BCUT2D eigenvalue weighted by molar-refractivity contribution is 5.09. The number of quaternary nitrogens is 1. The Kier molecular flexibility index (Phi) is 29.6. The maximum absolute atomic E-state index is 2.86. The van der Waals surface area contributed by atoms with Gasteiger partial charge in [0.05, 0.1) is 19.1 Å². The molecule has 4 aliphatic carbocycles. The monoisotopic (exact) mass is 893 g/mol. The third kappa shape index (κ3) is 19.8. The molecule has 0 saturated heterocycles. The Morgan fingerprint density at radius 3 is 1.25 bits per heavy atom. The molecule has 0 radical (unpaired) electrons. The predicted molar refractivity (Wildman–Crippen MR) is 287 cm³/mol. The van der Waals surface area contributed by atoms with Gasteiger partial charge in [0, 0.05) is 6.42 Å². The first-order chi connectivity index (χ1) is 31.2. The molecule has 0 amide bonds. The lowest BCUT2D eigenvalue weighted by molar-refractivity contribution is -0.928. The largest absolute Gasteiger partial charge is 0.333 e. The third-order valence-electron chi connectivity index (χ3n) is 20.1. The van der Waals surface area contributed by atoms with Crippen LogP contribution < -0.4 is 4.90 Å². The van der Waals surface area contributed by atoms with Gasteiger partial charge in [-0.3, -0.25) is 0 Å². The summed E-state index contributed by atoms with van der Waals surface area (Å²) in [4.78, 5) is 2.07. The van der Waals surface area contributed by atoms with Crippen molar-refractivity contribution in [3.8, 4) is 0 Å². The predicted octanol–water partition coefficient (Wildman–Crippen LogP) is 19.9. The van der Waals surface area contributed by atoms with Crippen LogP contribution in [0.5, 0.6) is 0 Å². The van der Waals surface area contributed by atoms with E-state index >= 15 is 0 Å². The minimum absolute atomic E-state index is 0.634. The summed E-state index contributed by atoms with van der Waals surface area (Å²) >= 11 is 0. The van der Waals surface area contributed by atoms with Crippen LogP contribution in [0.3, 0.4) is 0 Å². The quantitative estimate of drug-likeness (QED) is 0.0585. The maximum atomic E-state index is 2.86. The van der Waals surface area contributed by atoms with E-state index in [9.17, 15) is 0 Å². The van der Waals surface area contributed by atoms with E-state index in [1.165, 1.54) is 238 Å². The van der Waals surface area contributed by atoms with Gasteiger partial charge in [-0.05, 0) is 129 Å². The van der Waals surface area contributed by atoms with Gasteiger partial charge in [-0.1, -0.05) is 248 Å². The van der Waals surface area contributed by atoms with Crippen molar-refractivity contribution in [2.24, 2.45) is 52.3 Å². The molecule has 4 fully saturated rings. The number of unbranched alkanes of at least 4 members (excludes halogenated alkanes) is 30. The summed E-state index contributed by atoms with van der Waals surface area (Å²) in [6.07, 6.45) is 65.8. The van der Waals surface area contributed by atoms with Gasteiger partial charge >= 0.3 is 0 Å². The molecule has 0 heterocycles. The minimum atomic E-state index is 0.634. The second-order valence-electron chi connectivity index (χ2n) is 25.4. The molecule has 0 aromatic heterocycles. The summed E-state index contributed by atoms with van der Waals surface area (Å²) in [7, 11) is 0. The fraction of sp³-hybridized carbons (Fsp3) is 1.00. The Balaban J connectivity index is 1.17. The average molecular weight is 894 g/mol. The Morgan fingerprint density at radius 1 is 0.406 bits per heavy atom. The van der Waals surface area contributed by atoms with Gasteiger partial charge in [-0.15, -0.1) is 0 Å². The van der Waals surface area contributed by atoms with E-state index < -0.39 is 0 Å². The Bertz CT molecular complexity index is 1060. The highest BCUT2D eigenvalue weighted by Gasteiger charge is 2.61. The average Bonchev–Trinajstić information content (AvgIpc) is 3.65. The molecule has 0 bridgehead atoms. The van der Waals surface area contributed by atoms with Crippen molar-refractivity contribution in [3.05, 3.63) is 0 Å². The minimum Gasteiger partial charge on any atom is -0.333 e. The first-order valence-corrected chi connectivity index (χ1v) is 31.1. The van der Waals surface area contributed by atoms with Crippen LogP contribution >= 0.6 is 0 Å². The zero-order valence-electron chi connectivity index (χ0n) is 45.6. The Hall–Kier alpha value is -0.0400. The lowest BCUT2D eigenvalue weighted by Crippen LogP contribution is -3.16. The van der Waals surface area contributed by atoms with Crippen LogP contribution in [-0.2, 0) is 0 Å². The molecule has 4 rings (SSSR count). The van der Waals surface area contributed by atoms with Crippen molar-refractivity contribution in [2.75, 3.05) is 13.1 Å². The molecule has 1 N–H and O–H groups in total. The first-order valence-electron chi connectivity index (χ1n) is 31.1. The number of hydrogen-bond acceptors (Lipinski definition) is 0. The summed E-state index contributed by atoms with van der Waals surface area (Å²) in [5, 5.41) is 0. The fourth-order valence-electron chi connectivity index (χ4n) is 16.0. The van der Waals surface area contributed by atoms with Gasteiger partial charge in [0.2, 0.25) is 0 Å².